The first kappa shape index (κ1) is 11.8. The van der Waals surface area contributed by atoms with E-state index in [0.29, 0.717) is 10.6 Å². The monoisotopic (exact) mass is 249 g/mol. The Balaban J connectivity index is 2.87. The largest absolute Gasteiger partial charge is 0.409 e. The van der Waals surface area contributed by atoms with Gasteiger partial charge in [0.1, 0.15) is 5.00 Å². The van der Waals surface area contributed by atoms with Crippen molar-refractivity contribution in [2.45, 2.75) is 6.92 Å². The molecule has 0 amide bonds. The van der Waals surface area contributed by atoms with E-state index in [1.165, 1.54) is 17.4 Å². The summed E-state index contributed by atoms with van der Waals surface area (Å²) in [5.74, 6) is -0.0442. The highest BCUT2D eigenvalue weighted by molar-refractivity contribution is 7.92. The van der Waals surface area contributed by atoms with Crippen molar-refractivity contribution in [3.8, 4) is 0 Å². The lowest BCUT2D eigenvalue weighted by Gasteiger charge is -2.01. The zero-order valence-corrected chi connectivity index (χ0v) is 9.60. The Morgan fingerprint density at radius 1 is 1.73 bits per heavy atom. The van der Waals surface area contributed by atoms with Gasteiger partial charge in [-0.3, -0.25) is 4.72 Å². The minimum absolute atomic E-state index is 0.00377. The van der Waals surface area contributed by atoms with Crippen molar-refractivity contribution >= 4 is 32.2 Å². The highest BCUT2D eigenvalue weighted by atomic mass is 32.2. The smallest absolute Gasteiger partial charge is 0.233 e. The summed E-state index contributed by atoms with van der Waals surface area (Å²) in [6.07, 6.45) is 0. The van der Waals surface area contributed by atoms with Crippen LogP contribution in [0.2, 0.25) is 0 Å². The van der Waals surface area contributed by atoms with E-state index in [1.54, 1.807) is 12.3 Å². The molecule has 6 nitrogen and oxygen atoms in total. The SMILES string of the molecule is CCS(=O)(=O)Nc1cc(/C(N)=N/O)cs1. The van der Waals surface area contributed by atoms with E-state index in [1.807, 2.05) is 0 Å². The van der Waals surface area contributed by atoms with Crippen molar-refractivity contribution in [2.75, 3.05) is 10.5 Å². The zero-order chi connectivity index (χ0) is 11.5. The van der Waals surface area contributed by atoms with Gasteiger partial charge in [-0.25, -0.2) is 8.42 Å². The van der Waals surface area contributed by atoms with Crippen molar-refractivity contribution in [1.29, 1.82) is 0 Å². The molecule has 1 rings (SSSR count). The molecule has 0 saturated heterocycles. The van der Waals surface area contributed by atoms with E-state index in [9.17, 15) is 8.42 Å². The van der Waals surface area contributed by atoms with Crippen LogP contribution < -0.4 is 10.5 Å². The van der Waals surface area contributed by atoms with Gasteiger partial charge in [-0.2, -0.15) is 0 Å². The lowest BCUT2D eigenvalue weighted by atomic mass is 10.3. The number of amidine groups is 1. The predicted molar refractivity (Wildman–Crippen MR) is 59.9 cm³/mol. The van der Waals surface area contributed by atoms with Gasteiger partial charge < -0.3 is 10.9 Å². The second-order valence-corrected chi connectivity index (χ2v) is 5.61. The third kappa shape index (κ3) is 3.10. The van der Waals surface area contributed by atoms with Gasteiger partial charge in [-0.1, -0.05) is 5.16 Å². The van der Waals surface area contributed by atoms with Crippen LogP contribution in [-0.2, 0) is 10.0 Å². The molecule has 4 N–H and O–H groups in total. The quantitative estimate of drug-likeness (QED) is 0.314. The summed E-state index contributed by atoms with van der Waals surface area (Å²) in [6, 6.07) is 1.51. The number of nitrogens with one attached hydrogen (secondary N) is 1. The lowest BCUT2D eigenvalue weighted by Crippen LogP contribution is -2.14. The first-order valence-electron chi connectivity index (χ1n) is 4.05. The number of hydrogen-bond acceptors (Lipinski definition) is 5. The van der Waals surface area contributed by atoms with Crippen molar-refractivity contribution in [3.05, 3.63) is 17.0 Å². The van der Waals surface area contributed by atoms with Crippen LogP contribution in [0.3, 0.4) is 0 Å². The van der Waals surface area contributed by atoms with Gasteiger partial charge in [0.05, 0.1) is 5.75 Å². The Morgan fingerprint density at radius 3 is 2.93 bits per heavy atom. The van der Waals surface area contributed by atoms with E-state index in [0.717, 1.165) is 0 Å². The molecule has 0 aliphatic carbocycles. The predicted octanol–water partition coefficient (Wildman–Crippen LogP) is 0.604. The van der Waals surface area contributed by atoms with Gasteiger partial charge in [-0.05, 0) is 13.0 Å². The van der Waals surface area contributed by atoms with Gasteiger partial charge in [-0.15, -0.1) is 11.3 Å². The molecule has 0 unspecified atom stereocenters. The van der Waals surface area contributed by atoms with E-state index in [-0.39, 0.29) is 11.6 Å². The molecule has 1 aromatic heterocycles. The fourth-order valence-electron chi connectivity index (χ4n) is 0.807. The van der Waals surface area contributed by atoms with Crippen LogP contribution in [0, 0.1) is 0 Å². The maximum atomic E-state index is 11.2. The molecule has 15 heavy (non-hydrogen) atoms. The second kappa shape index (κ2) is 4.49. The first-order chi connectivity index (χ1) is 6.98. The van der Waals surface area contributed by atoms with Crippen molar-refractivity contribution < 1.29 is 13.6 Å². The summed E-state index contributed by atoms with van der Waals surface area (Å²) in [5, 5.41) is 13.3. The zero-order valence-electron chi connectivity index (χ0n) is 7.97. The molecule has 0 saturated carbocycles. The minimum Gasteiger partial charge on any atom is -0.409 e. The third-order valence-electron chi connectivity index (χ3n) is 1.64. The molecule has 84 valence electrons. The summed E-state index contributed by atoms with van der Waals surface area (Å²) < 4.78 is 24.8. The minimum atomic E-state index is -3.27. The molecule has 0 aliphatic heterocycles. The number of oxime groups is 1. The van der Waals surface area contributed by atoms with Crippen molar-refractivity contribution in [3.63, 3.8) is 0 Å². The Kier molecular flexibility index (Phi) is 3.53. The molecule has 0 radical (unpaired) electrons. The topological polar surface area (TPSA) is 105 Å². The highest BCUT2D eigenvalue weighted by Gasteiger charge is 2.10. The second-order valence-electron chi connectivity index (χ2n) is 2.69. The lowest BCUT2D eigenvalue weighted by molar-refractivity contribution is 0.318. The highest BCUT2D eigenvalue weighted by Crippen LogP contribution is 2.21. The molecular weight excluding hydrogens is 238 g/mol. The molecule has 0 spiro atoms. The maximum Gasteiger partial charge on any atom is 0.233 e. The molecule has 8 heteroatoms. The van der Waals surface area contributed by atoms with Crippen molar-refractivity contribution in [1.82, 2.24) is 0 Å². The average Bonchev–Trinajstić information content (AvgIpc) is 2.64. The Hall–Kier alpha value is -1.28. The number of thiophene rings is 1. The molecule has 0 fully saturated rings. The van der Waals surface area contributed by atoms with Gasteiger partial charge in [0.15, 0.2) is 5.84 Å². The number of nitrogens with zero attached hydrogens (tertiary/aromatic N) is 1. The summed E-state index contributed by atoms with van der Waals surface area (Å²) in [5.41, 5.74) is 5.82. The first-order valence-corrected chi connectivity index (χ1v) is 6.58. The van der Waals surface area contributed by atoms with E-state index >= 15 is 0 Å². The molecule has 1 aromatic rings. The van der Waals surface area contributed by atoms with Crippen LogP contribution in [-0.4, -0.2) is 25.2 Å². The summed E-state index contributed by atoms with van der Waals surface area (Å²) >= 11 is 1.17. The van der Waals surface area contributed by atoms with Crippen LogP contribution in [0.4, 0.5) is 5.00 Å². The molecule has 0 atom stereocenters. The summed E-state index contributed by atoms with van der Waals surface area (Å²) in [6.45, 7) is 1.54. The molecule has 0 aliphatic rings. The van der Waals surface area contributed by atoms with Gasteiger partial charge in [0.25, 0.3) is 0 Å². The normalized spacial score (nSPS) is 12.7. The van der Waals surface area contributed by atoms with E-state index < -0.39 is 10.0 Å². The Morgan fingerprint density at radius 2 is 2.40 bits per heavy atom. The molecule has 1 heterocycles. The molecular formula is C7H11N3O3S2. The average molecular weight is 249 g/mol. The van der Waals surface area contributed by atoms with Crippen LogP contribution in [0.5, 0.6) is 0 Å². The van der Waals surface area contributed by atoms with Gasteiger partial charge in [0.2, 0.25) is 10.0 Å². The van der Waals surface area contributed by atoms with Crippen LogP contribution in [0.25, 0.3) is 0 Å². The maximum absolute atomic E-state index is 11.2. The molecule has 0 bridgehead atoms. The number of hydrogen-bond donors (Lipinski definition) is 3. The van der Waals surface area contributed by atoms with Crippen LogP contribution in [0.15, 0.2) is 16.6 Å². The Bertz CT molecular complexity index is 464. The number of anilines is 1. The standard InChI is InChI=1S/C7H11N3O3S2/c1-2-15(12,13)10-6-3-5(4-14-6)7(8)9-11/h3-4,10-11H,2H2,1H3,(H2,8,9). The number of nitrogens with two attached hydrogens (primary N) is 1. The third-order valence-corrected chi connectivity index (χ3v) is 3.90. The fraction of sp³-hybridized carbons (Fsp3) is 0.286. The summed E-state index contributed by atoms with van der Waals surface area (Å²) in [7, 11) is -3.27. The Labute approximate surface area is 91.5 Å². The summed E-state index contributed by atoms with van der Waals surface area (Å²) in [4.78, 5) is 0. The molecule has 0 aromatic carbocycles. The van der Waals surface area contributed by atoms with Crippen molar-refractivity contribution in [2.24, 2.45) is 10.9 Å². The van der Waals surface area contributed by atoms with Crippen LogP contribution in [0.1, 0.15) is 12.5 Å². The number of rotatable bonds is 4. The van der Waals surface area contributed by atoms with E-state index in [2.05, 4.69) is 9.88 Å². The number of sulfonamides is 1. The fourth-order valence-corrected chi connectivity index (χ4v) is 2.53. The van der Waals surface area contributed by atoms with E-state index in [4.69, 9.17) is 10.9 Å². The van der Waals surface area contributed by atoms with Crippen LogP contribution >= 0.6 is 11.3 Å². The van der Waals surface area contributed by atoms with Gasteiger partial charge >= 0.3 is 0 Å². The van der Waals surface area contributed by atoms with Gasteiger partial charge in [0, 0.05) is 10.9 Å².